The quantitative estimate of drug-likeness (QED) is 0.780. The van der Waals surface area contributed by atoms with Crippen LogP contribution >= 0.6 is 0 Å². The average Bonchev–Trinajstić information content (AvgIpc) is 2.22. The number of rotatable bonds is 1. The van der Waals surface area contributed by atoms with Crippen molar-refractivity contribution in [2.24, 2.45) is 0 Å². The molecule has 6 heteroatoms. The lowest BCUT2D eigenvalue weighted by Crippen LogP contribution is -2.40. The van der Waals surface area contributed by atoms with Gasteiger partial charge in [-0.3, -0.25) is 4.79 Å². The summed E-state index contributed by atoms with van der Waals surface area (Å²) in [5, 5.41) is 10.4. The normalized spacial score (nSPS) is 21.4. The first kappa shape index (κ1) is 11.9. The molecule has 2 rings (SSSR count). The van der Waals surface area contributed by atoms with E-state index in [-0.39, 0.29) is 11.4 Å². The third-order valence-electron chi connectivity index (χ3n) is 3.12. The summed E-state index contributed by atoms with van der Waals surface area (Å²) in [6, 6.07) is 3.16. The van der Waals surface area contributed by atoms with Crippen molar-refractivity contribution < 1.29 is 18.3 Å². The number of fused-ring (bicyclic) bond motifs is 1. The predicted octanol–water partition coefficient (Wildman–Crippen LogP) is 0.956. The fraction of sp³-hybridized carbons (Fsp3) is 0.364. The Hall–Kier alpha value is -1.56. The molecule has 17 heavy (non-hydrogen) atoms. The number of nitrogens with one attached hydrogen (secondary N) is 1. The lowest BCUT2D eigenvalue weighted by Gasteiger charge is -2.25. The Morgan fingerprint density at radius 2 is 2.06 bits per heavy atom. The van der Waals surface area contributed by atoms with Crippen LogP contribution in [-0.4, -0.2) is 31.3 Å². The Morgan fingerprint density at radius 1 is 1.41 bits per heavy atom. The summed E-state index contributed by atoms with van der Waals surface area (Å²) < 4.78 is 24.2. The van der Waals surface area contributed by atoms with Gasteiger partial charge in [0, 0.05) is 6.54 Å². The second-order valence-corrected chi connectivity index (χ2v) is 6.23. The van der Waals surface area contributed by atoms with Gasteiger partial charge in [0.2, 0.25) is 0 Å². The Labute approximate surface area is 99.4 Å². The third-order valence-corrected chi connectivity index (χ3v) is 5.19. The third kappa shape index (κ3) is 1.68. The van der Waals surface area contributed by atoms with Crippen LogP contribution < -0.4 is 5.32 Å². The Balaban J connectivity index is 2.67. The maximum atomic E-state index is 12.1. The van der Waals surface area contributed by atoms with Crippen LogP contribution in [0.2, 0.25) is 0 Å². The molecule has 0 amide bonds. The molecule has 0 saturated heterocycles. The minimum absolute atomic E-state index is 0.0826. The van der Waals surface area contributed by atoms with Crippen LogP contribution in [0.5, 0.6) is 0 Å². The van der Waals surface area contributed by atoms with E-state index < -0.39 is 21.1 Å². The van der Waals surface area contributed by atoms with Crippen molar-refractivity contribution in [2.45, 2.75) is 24.0 Å². The van der Waals surface area contributed by atoms with Gasteiger partial charge in [-0.15, -0.1) is 0 Å². The molecule has 0 bridgehead atoms. The molecule has 0 saturated carbocycles. The first-order valence-electron chi connectivity index (χ1n) is 5.16. The van der Waals surface area contributed by atoms with Gasteiger partial charge in [-0.1, -0.05) is 6.07 Å². The molecule has 1 aliphatic heterocycles. The minimum atomic E-state index is -3.78. The summed E-state index contributed by atoms with van der Waals surface area (Å²) in [6.45, 7) is 3.61. The van der Waals surface area contributed by atoms with Gasteiger partial charge in [0.25, 0.3) is 0 Å². The average molecular weight is 255 g/mol. The fourth-order valence-electron chi connectivity index (χ4n) is 1.93. The van der Waals surface area contributed by atoms with E-state index in [4.69, 9.17) is 5.11 Å². The smallest absolute Gasteiger partial charge is 0.324 e. The van der Waals surface area contributed by atoms with Crippen molar-refractivity contribution >= 4 is 21.5 Å². The number of aryl methyl sites for hydroxylation is 1. The molecule has 0 aliphatic carbocycles. The maximum Gasteiger partial charge on any atom is 0.324 e. The van der Waals surface area contributed by atoms with Crippen LogP contribution in [0.15, 0.2) is 17.0 Å². The van der Waals surface area contributed by atoms with E-state index in [0.29, 0.717) is 5.69 Å². The van der Waals surface area contributed by atoms with Gasteiger partial charge in [0.05, 0.1) is 10.6 Å². The first-order valence-corrected chi connectivity index (χ1v) is 6.71. The number of aliphatic carboxylic acids is 1. The molecular formula is C11H13NO4S. The molecule has 1 aromatic carbocycles. The molecule has 1 aliphatic rings. The van der Waals surface area contributed by atoms with Crippen molar-refractivity contribution in [2.75, 3.05) is 11.9 Å². The number of hydrogen-bond acceptors (Lipinski definition) is 4. The van der Waals surface area contributed by atoms with Crippen molar-refractivity contribution in [3.63, 3.8) is 0 Å². The summed E-state index contributed by atoms with van der Waals surface area (Å²) in [5.41, 5.74) is 2.35. The van der Waals surface area contributed by atoms with E-state index in [1.165, 1.54) is 6.07 Å². The van der Waals surface area contributed by atoms with Gasteiger partial charge < -0.3 is 10.4 Å². The number of carbonyl (C=O) groups is 1. The molecule has 0 radical (unpaired) electrons. The van der Waals surface area contributed by atoms with Crippen LogP contribution in [0.25, 0.3) is 0 Å². The zero-order valence-electron chi connectivity index (χ0n) is 9.52. The molecule has 1 heterocycles. The van der Waals surface area contributed by atoms with Crippen LogP contribution in [0, 0.1) is 13.8 Å². The number of hydrogen-bond donors (Lipinski definition) is 2. The van der Waals surface area contributed by atoms with E-state index in [1.54, 1.807) is 6.07 Å². The zero-order valence-corrected chi connectivity index (χ0v) is 10.3. The van der Waals surface area contributed by atoms with E-state index >= 15 is 0 Å². The zero-order chi connectivity index (χ0) is 12.8. The maximum absolute atomic E-state index is 12.1. The second kappa shape index (κ2) is 3.73. The van der Waals surface area contributed by atoms with E-state index in [9.17, 15) is 13.2 Å². The molecule has 5 nitrogen and oxygen atoms in total. The van der Waals surface area contributed by atoms with Gasteiger partial charge >= 0.3 is 5.97 Å². The van der Waals surface area contributed by atoms with Crippen molar-refractivity contribution in [1.29, 1.82) is 0 Å². The lowest BCUT2D eigenvalue weighted by atomic mass is 10.1. The molecule has 1 unspecified atom stereocenters. The number of benzene rings is 1. The topological polar surface area (TPSA) is 83.5 Å². The standard InChI is InChI=1S/C11H13NO4S/c1-6-3-4-8-10(7(6)2)12-5-9(11(13)14)17(8,15)16/h3-4,9,12H,5H2,1-2H3,(H,13,14). The molecule has 1 aromatic rings. The highest BCUT2D eigenvalue weighted by molar-refractivity contribution is 7.93. The second-order valence-electron chi connectivity index (χ2n) is 4.13. The SMILES string of the molecule is Cc1ccc2c(c1C)NCC(C(=O)O)S2(=O)=O. The fourth-order valence-corrected chi connectivity index (χ4v) is 3.57. The van der Waals surface area contributed by atoms with E-state index in [1.807, 2.05) is 13.8 Å². The monoisotopic (exact) mass is 255 g/mol. The van der Waals surface area contributed by atoms with Gasteiger partial charge in [0.15, 0.2) is 15.1 Å². The van der Waals surface area contributed by atoms with Gasteiger partial charge in [-0.25, -0.2) is 8.42 Å². The Kier molecular flexibility index (Phi) is 2.61. The largest absolute Gasteiger partial charge is 0.480 e. The lowest BCUT2D eigenvalue weighted by molar-refractivity contribution is -0.136. The molecule has 0 fully saturated rings. The van der Waals surface area contributed by atoms with Crippen LogP contribution in [0.4, 0.5) is 5.69 Å². The van der Waals surface area contributed by atoms with Crippen molar-refractivity contribution in [3.05, 3.63) is 23.3 Å². The highest BCUT2D eigenvalue weighted by Gasteiger charge is 2.39. The van der Waals surface area contributed by atoms with Crippen LogP contribution in [0.1, 0.15) is 11.1 Å². The number of carboxylic acid groups (broad SMARTS) is 1. The van der Waals surface area contributed by atoms with E-state index in [0.717, 1.165) is 11.1 Å². The summed E-state index contributed by atoms with van der Waals surface area (Å²) in [7, 11) is -3.78. The summed E-state index contributed by atoms with van der Waals surface area (Å²) in [6.07, 6.45) is 0. The number of sulfone groups is 1. The highest BCUT2D eigenvalue weighted by atomic mass is 32.2. The van der Waals surface area contributed by atoms with E-state index in [2.05, 4.69) is 5.32 Å². The van der Waals surface area contributed by atoms with Crippen LogP contribution in [0.3, 0.4) is 0 Å². The molecule has 92 valence electrons. The van der Waals surface area contributed by atoms with Gasteiger partial charge in [0.1, 0.15) is 0 Å². The summed E-state index contributed by atoms with van der Waals surface area (Å²) in [5.74, 6) is -1.32. The predicted molar refractivity (Wildman–Crippen MR) is 63.0 cm³/mol. The molecule has 2 N–H and O–H groups in total. The highest BCUT2D eigenvalue weighted by Crippen LogP contribution is 2.33. The van der Waals surface area contributed by atoms with Gasteiger partial charge in [-0.2, -0.15) is 0 Å². The molecule has 0 aromatic heterocycles. The number of anilines is 1. The Morgan fingerprint density at radius 3 is 2.65 bits per heavy atom. The molecule has 1 atom stereocenters. The van der Waals surface area contributed by atoms with Crippen molar-refractivity contribution in [3.8, 4) is 0 Å². The minimum Gasteiger partial charge on any atom is -0.480 e. The first-order chi connectivity index (χ1) is 7.85. The molecular weight excluding hydrogens is 242 g/mol. The van der Waals surface area contributed by atoms with Gasteiger partial charge in [-0.05, 0) is 31.0 Å². The van der Waals surface area contributed by atoms with Crippen LogP contribution in [-0.2, 0) is 14.6 Å². The van der Waals surface area contributed by atoms with Crippen molar-refractivity contribution in [1.82, 2.24) is 0 Å². The summed E-state index contributed by atoms with van der Waals surface area (Å²) in [4.78, 5) is 11.0. The Bertz CT molecular complexity index is 592. The summed E-state index contributed by atoms with van der Waals surface area (Å²) >= 11 is 0. The molecule has 0 spiro atoms. The number of carboxylic acids is 1.